The number of nitrogens with two attached hydrogens (primary N) is 1. The van der Waals surface area contributed by atoms with Gasteiger partial charge in [-0.1, -0.05) is 6.07 Å². The van der Waals surface area contributed by atoms with Gasteiger partial charge in [0.2, 0.25) is 0 Å². The third-order valence-electron chi connectivity index (χ3n) is 2.51. The smallest absolute Gasteiger partial charge is 0.277 e. The van der Waals surface area contributed by atoms with Gasteiger partial charge in [-0.25, -0.2) is 13.2 Å². The predicted molar refractivity (Wildman–Crippen MR) is 68.1 cm³/mol. The third kappa shape index (κ3) is 3.24. The number of amides is 1. The molecule has 2 aromatic rings. The summed E-state index contributed by atoms with van der Waals surface area (Å²) in [4.78, 5) is 12.0. The SMILES string of the molecule is NCC(F)(F)CNC(=O)c1cc2ccc(F)cc2s1. The lowest BCUT2D eigenvalue weighted by molar-refractivity contribution is 0.0119. The molecule has 1 aromatic heterocycles. The Morgan fingerprint density at radius 3 is 2.79 bits per heavy atom. The quantitative estimate of drug-likeness (QED) is 0.907. The molecule has 0 aliphatic rings. The summed E-state index contributed by atoms with van der Waals surface area (Å²) in [5, 5.41) is 2.81. The molecule has 19 heavy (non-hydrogen) atoms. The first kappa shape index (κ1) is 13.8. The molecule has 0 saturated carbocycles. The van der Waals surface area contributed by atoms with Crippen molar-refractivity contribution in [1.82, 2.24) is 5.32 Å². The first-order valence-corrected chi connectivity index (χ1v) is 6.28. The number of carbonyl (C=O) groups excluding carboxylic acids is 1. The minimum atomic E-state index is -3.13. The Morgan fingerprint density at radius 1 is 1.37 bits per heavy atom. The highest BCUT2D eigenvalue weighted by atomic mass is 32.1. The summed E-state index contributed by atoms with van der Waals surface area (Å²) in [6.45, 7) is -1.64. The summed E-state index contributed by atoms with van der Waals surface area (Å²) in [7, 11) is 0. The molecule has 1 aromatic carbocycles. The van der Waals surface area contributed by atoms with E-state index in [2.05, 4.69) is 5.32 Å². The fourth-order valence-corrected chi connectivity index (χ4v) is 2.49. The van der Waals surface area contributed by atoms with E-state index in [1.807, 2.05) is 0 Å². The van der Waals surface area contributed by atoms with Crippen LogP contribution in [0, 0.1) is 5.82 Å². The van der Waals surface area contributed by atoms with Gasteiger partial charge in [0.15, 0.2) is 0 Å². The Kier molecular flexibility index (Phi) is 3.77. The zero-order valence-corrected chi connectivity index (χ0v) is 10.6. The second-order valence-corrected chi connectivity index (χ2v) is 5.12. The van der Waals surface area contributed by atoms with Crippen molar-refractivity contribution >= 4 is 27.3 Å². The second kappa shape index (κ2) is 5.18. The third-order valence-corrected chi connectivity index (χ3v) is 3.61. The first-order valence-electron chi connectivity index (χ1n) is 5.46. The lowest BCUT2D eigenvalue weighted by Gasteiger charge is -2.13. The maximum absolute atomic E-state index is 13.0. The fourth-order valence-electron chi connectivity index (χ4n) is 1.49. The van der Waals surface area contributed by atoms with Crippen molar-refractivity contribution < 1.29 is 18.0 Å². The van der Waals surface area contributed by atoms with Crippen LogP contribution in [0.25, 0.3) is 10.1 Å². The van der Waals surface area contributed by atoms with E-state index in [-0.39, 0.29) is 4.88 Å². The van der Waals surface area contributed by atoms with Gasteiger partial charge in [-0.15, -0.1) is 11.3 Å². The average molecular weight is 288 g/mol. The molecule has 0 bridgehead atoms. The van der Waals surface area contributed by atoms with Crippen molar-refractivity contribution in [3.63, 3.8) is 0 Å². The summed E-state index contributed by atoms with van der Waals surface area (Å²) in [6.07, 6.45) is 0. The number of fused-ring (bicyclic) bond motifs is 1. The van der Waals surface area contributed by atoms with Gasteiger partial charge in [-0.3, -0.25) is 4.79 Å². The van der Waals surface area contributed by atoms with Crippen LogP contribution < -0.4 is 11.1 Å². The van der Waals surface area contributed by atoms with Crippen molar-refractivity contribution in [3.8, 4) is 0 Å². The maximum Gasteiger partial charge on any atom is 0.277 e. The molecule has 0 aliphatic carbocycles. The van der Waals surface area contributed by atoms with E-state index in [4.69, 9.17) is 5.73 Å². The number of thiophene rings is 1. The van der Waals surface area contributed by atoms with Gasteiger partial charge in [-0.2, -0.15) is 0 Å². The molecule has 0 unspecified atom stereocenters. The number of alkyl halides is 2. The van der Waals surface area contributed by atoms with Crippen LogP contribution in [0.4, 0.5) is 13.2 Å². The van der Waals surface area contributed by atoms with E-state index in [0.29, 0.717) is 10.1 Å². The monoisotopic (exact) mass is 288 g/mol. The van der Waals surface area contributed by atoms with Crippen molar-refractivity contribution in [2.45, 2.75) is 5.92 Å². The fraction of sp³-hybridized carbons (Fsp3) is 0.250. The molecule has 0 saturated heterocycles. The predicted octanol–water partition coefficient (Wildman–Crippen LogP) is 2.36. The van der Waals surface area contributed by atoms with Gasteiger partial charge in [0, 0.05) is 4.70 Å². The summed E-state index contributed by atoms with van der Waals surface area (Å²) < 4.78 is 39.4. The highest BCUT2D eigenvalue weighted by molar-refractivity contribution is 7.20. The van der Waals surface area contributed by atoms with E-state index in [0.717, 1.165) is 11.3 Å². The molecular formula is C12H11F3N2OS. The molecule has 7 heteroatoms. The van der Waals surface area contributed by atoms with Crippen LogP contribution >= 0.6 is 11.3 Å². The zero-order chi connectivity index (χ0) is 14.0. The van der Waals surface area contributed by atoms with Crippen LogP contribution in [-0.2, 0) is 0 Å². The van der Waals surface area contributed by atoms with Gasteiger partial charge in [0.05, 0.1) is 18.0 Å². The molecule has 3 N–H and O–H groups in total. The van der Waals surface area contributed by atoms with Gasteiger partial charge in [-0.05, 0) is 23.6 Å². The van der Waals surface area contributed by atoms with Crippen LogP contribution in [-0.4, -0.2) is 24.9 Å². The lowest BCUT2D eigenvalue weighted by Crippen LogP contribution is -2.41. The van der Waals surface area contributed by atoms with E-state index in [9.17, 15) is 18.0 Å². The zero-order valence-electron chi connectivity index (χ0n) is 9.75. The van der Waals surface area contributed by atoms with E-state index in [1.165, 1.54) is 24.3 Å². The molecular weight excluding hydrogens is 277 g/mol. The normalized spacial score (nSPS) is 11.8. The maximum atomic E-state index is 13.0. The minimum absolute atomic E-state index is 0.258. The van der Waals surface area contributed by atoms with Gasteiger partial charge in [0.1, 0.15) is 5.82 Å². The topological polar surface area (TPSA) is 55.1 Å². The van der Waals surface area contributed by atoms with Gasteiger partial charge < -0.3 is 11.1 Å². The number of hydrogen-bond acceptors (Lipinski definition) is 3. The molecule has 0 fully saturated rings. The lowest BCUT2D eigenvalue weighted by atomic mass is 10.2. The summed E-state index contributed by atoms with van der Waals surface area (Å²) in [5.74, 6) is -4.15. The average Bonchev–Trinajstić information content (AvgIpc) is 2.79. The molecule has 0 aliphatic heterocycles. The Morgan fingerprint density at radius 2 is 2.11 bits per heavy atom. The van der Waals surface area contributed by atoms with Crippen molar-refractivity contribution in [3.05, 3.63) is 35.0 Å². The Bertz CT molecular complexity index is 612. The number of benzene rings is 1. The van der Waals surface area contributed by atoms with Gasteiger partial charge >= 0.3 is 0 Å². The largest absolute Gasteiger partial charge is 0.345 e. The molecule has 3 nitrogen and oxygen atoms in total. The molecule has 2 rings (SSSR count). The van der Waals surface area contributed by atoms with Gasteiger partial charge in [0.25, 0.3) is 11.8 Å². The molecule has 1 heterocycles. The summed E-state index contributed by atoms with van der Waals surface area (Å²) in [5.41, 5.74) is 4.87. The standard InChI is InChI=1S/C12H11F3N2OS/c13-8-2-1-7-3-10(19-9(7)4-8)11(18)17-6-12(14,15)5-16/h1-4H,5-6,16H2,(H,17,18). The minimum Gasteiger partial charge on any atom is -0.345 e. The molecule has 0 spiro atoms. The highest BCUT2D eigenvalue weighted by Gasteiger charge is 2.27. The number of nitrogens with one attached hydrogen (secondary N) is 1. The van der Waals surface area contributed by atoms with Crippen LogP contribution in [0.2, 0.25) is 0 Å². The molecule has 1 amide bonds. The second-order valence-electron chi connectivity index (χ2n) is 4.04. The number of hydrogen-bond donors (Lipinski definition) is 2. The van der Waals surface area contributed by atoms with Crippen LogP contribution in [0.15, 0.2) is 24.3 Å². The summed E-state index contributed by atoms with van der Waals surface area (Å²) in [6, 6.07) is 5.65. The number of halogens is 3. The van der Waals surface area contributed by atoms with E-state index in [1.54, 1.807) is 0 Å². The highest BCUT2D eigenvalue weighted by Crippen LogP contribution is 2.26. The Balaban J connectivity index is 2.13. The first-order chi connectivity index (χ1) is 8.91. The summed E-state index contributed by atoms with van der Waals surface area (Å²) >= 11 is 1.05. The molecule has 0 radical (unpaired) electrons. The Labute approximate surface area is 111 Å². The van der Waals surface area contributed by atoms with Crippen molar-refractivity contribution in [2.75, 3.05) is 13.1 Å². The van der Waals surface area contributed by atoms with Crippen molar-refractivity contribution in [1.29, 1.82) is 0 Å². The van der Waals surface area contributed by atoms with Crippen molar-refractivity contribution in [2.24, 2.45) is 5.73 Å². The number of carbonyl (C=O) groups is 1. The van der Waals surface area contributed by atoms with Crippen LogP contribution in [0.5, 0.6) is 0 Å². The molecule has 102 valence electrons. The van der Waals surface area contributed by atoms with E-state index >= 15 is 0 Å². The Hall–Kier alpha value is -1.60. The van der Waals surface area contributed by atoms with Crippen LogP contribution in [0.3, 0.4) is 0 Å². The molecule has 0 atom stereocenters. The number of rotatable bonds is 4. The van der Waals surface area contributed by atoms with Crippen LogP contribution in [0.1, 0.15) is 9.67 Å². The van der Waals surface area contributed by atoms with E-state index < -0.39 is 30.7 Å².